The largest absolute Gasteiger partial charge is 0.324 e. The van der Waals surface area contributed by atoms with Crippen LogP contribution in [0, 0.1) is 13.8 Å². The van der Waals surface area contributed by atoms with Crippen molar-refractivity contribution in [2.45, 2.75) is 20.4 Å². The summed E-state index contributed by atoms with van der Waals surface area (Å²) >= 11 is 5.91. The van der Waals surface area contributed by atoms with Crippen molar-refractivity contribution in [1.82, 2.24) is 24.5 Å². The van der Waals surface area contributed by atoms with Gasteiger partial charge in [-0.25, -0.2) is 4.98 Å². The summed E-state index contributed by atoms with van der Waals surface area (Å²) in [5.41, 5.74) is 3.39. The van der Waals surface area contributed by atoms with Crippen LogP contribution in [0.1, 0.15) is 11.1 Å². The van der Waals surface area contributed by atoms with E-state index in [0.29, 0.717) is 22.0 Å². The number of hydrogen-bond donors (Lipinski definition) is 1. The van der Waals surface area contributed by atoms with E-state index in [-0.39, 0.29) is 18.0 Å². The second-order valence-corrected chi connectivity index (χ2v) is 7.06. The van der Waals surface area contributed by atoms with Crippen LogP contribution in [0.4, 0.5) is 5.69 Å². The van der Waals surface area contributed by atoms with Crippen molar-refractivity contribution in [1.29, 1.82) is 0 Å². The lowest BCUT2D eigenvalue weighted by Crippen LogP contribution is -2.28. The van der Waals surface area contributed by atoms with Crippen LogP contribution in [0.25, 0.3) is 16.9 Å². The number of aryl methyl sites for hydroxylation is 1. The summed E-state index contributed by atoms with van der Waals surface area (Å²) in [5, 5.41) is 11.4. The molecule has 2 aromatic carbocycles. The highest BCUT2D eigenvalue weighted by Crippen LogP contribution is 2.18. The molecule has 1 amide bonds. The minimum atomic E-state index is -0.439. The summed E-state index contributed by atoms with van der Waals surface area (Å²) in [6, 6.07) is 12.6. The van der Waals surface area contributed by atoms with Crippen LogP contribution in [0.2, 0.25) is 5.02 Å². The molecule has 0 aliphatic rings. The molecule has 8 nitrogen and oxygen atoms in total. The number of aromatic nitrogens is 5. The maximum Gasteiger partial charge on any atom is 0.284 e. The number of hydrogen-bond acceptors (Lipinski definition) is 5. The van der Waals surface area contributed by atoms with Gasteiger partial charge in [0, 0.05) is 10.7 Å². The SMILES string of the molecule is Cc1cccc(NC(=O)Cn2cnc3c(nnn3-c3ccc(Cl)cc3)c2=O)c1C. The second-order valence-electron chi connectivity index (χ2n) is 6.62. The van der Waals surface area contributed by atoms with Crippen LogP contribution in [0.5, 0.6) is 0 Å². The van der Waals surface area contributed by atoms with Gasteiger partial charge in [0.05, 0.1) is 5.69 Å². The smallest absolute Gasteiger partial charge is 0.284 e. The lowest BCUT2D eigenvalue weighted by molar-refractivity contribution is -0.116. The van der Waals surface area contributed by atoms with E-state index in [1.807, 2.05) is 32.0 Å². The molecule has 0 bridgehead atoms. The maximum absolute atomic E-state index is 12.7. The number of benzene rings is 2. The summed E-state index contributed by atoms with van der Waals surface area (Å²) in [6.45, 7) is 3.72. The highest BCUT2D eigenvalue weighted by atomic mass is 35.5. The van der Waals surface area contributed by atoms with Crippen molar-refractivity contribution in [3.05, 3.63) is 75.3 Å². The molecule has 0 fully saturated rings. The number of amides is 1. The van der Waals surface area contributed by atoms with Crippen LogP contribution < -0.4 is 10.9 Å². The maximum atomic E-state index is 12.7. The number of carbonyl (C=O) groups is 1. The summed E-state index contributed by atoms with van der Waals surface area (Å²) in [5.74, 6) is -0.327. The first-order chi connectivity index (χ1) is 13.9. The molecule has 9 heteroatoms. The first-order valence-corrected chi connectivity index (χ1v) is 9.24. The lowest BCUT2D eigenvalue weighted by Gasteiger charge is -2.11. The quantitative estimate of drug-likeness (QED) is 0.560. The van der Waals surface area contributed by atoms with Gasteiger partial charge in [0.15, 0.2) is 11.2 Å². The molecule has 0 saturated heterocycles. The zero-order valence-corrected chi connectivity index (χ0v) is 16.5. The van der Waals surface area contributed by atoms with Gasteiger partial charge in [0.2, 0.25) is 5.91 Å². The molecule has 0 aliphatic heterocycles. The fraction of sp³-hybridized carbons (Fsp3) is 0.150. The van der Waals surface area contributed by atoms with Crippen molar-refractivity contribution in [2.24, 2.45) is 0 Å². The van der Waals surface area contributed by atoms with E-state index < -0.39 is 5.56 Å². The summed E-state index contributed by atoms with van der Waals surface area (Å²) in [4.78, 5) is 29.5. The third-order valence-corrected chi connectivity index (χ3v) is 4.95. The minimum absolute atomic E-state index is 0.0852. The Labute approximate surface area is 170 Å². The van der Waals surface area contributed by atoms with Crippen molar-refractivity contribution < 1.29 is 4.79 Å². The van der Waals surface area contributed by atoms with Crippen LogP contribution in [0.15, 0.2) is 53.6 Å². The number of nitrogens with zero attached hydrogens (tertiary/aromatic N) is 5. The van der Waals surface area contributed by atoms with E-state index in [4.69, 9.17) is 11.6 Å². The van der Waals surface area contributed by atoms with Crippen LogP contribution in [-0.2, 0) is 11.3 Å². The van der Waals surface area contributed by atoms with Gasteiger partial charge in [0.25, 0.3) is 5.56 Å². The van der Waals surface area contributed by atoms with Crippen molar-refractivity contribution >= 4 is 34.4 Å². The molecule has 0 saturated carbocycles. The Morgan fingerprint density at radius 1 is 1.14 bits per heavy atom. The number of anilines is 1. The third-order valence-electron chi connectivity index (χ3n) is 4.69. The molecule has 0 atom stereocenters. The number of rotatable bonds is 4. The molecule has 0 spiro atoms. The Kier molecular flexibility index (Phi) is 4.85. The van der Waals surface area contributed by atoms with E-state index >= 15 is 0 Å². The average Bonchev–Trinajstić information content (AvgIpc) is 3.13. The molecule has 0 radical (unpaired) electrons. The fourth-order valence-electron chi connectivity index (χ4n) is 2.94. The van der Waals surface area contributed by atoms with E-state index in [9.17, 15) is 9.59 Å². The molecule has 0 unspecified atom stereocenters. The number of fused-ring (bicyclic) bond motifs is 1. The Balaban J connectivity index is 1.61. The molecule has 0 aliphatic carbocycles. The van der Waals surface area contributed by atoms with Gasteiger partial charge in [-0.3, -0.25) is 14.2 Å². The Bertz CT molecular complexity index is 1280. The van der Waals surface area contributed by atoms with Crippen LogP contribution in [-0.4, -0.2) is 30.5 Å². The van der Waals surface area contributed by atoms with Gasteiger partial charge in [-0.1, -0.05) is 28.9 Å². The van der Waals surface area contributed by atoms with Crippen molar-refractivity contribution in [2.75, 3.05) is 5.32 Å². The molecule has 146 valence electrons. The predicted molar refractivity (Wildman–Crippen MR) is 110 cm³/mol. The van der Waals surface area contributed by atoms with Gasteiger partial charge >= 0.3 is 0 Å². The molecule has 4 rings (SSSR count). The zero-order valence-electron chi connectivity index (χ0n) is 15.8. The van der Waals surface area contributed by atoms with Crippen molar-refractivity contribution in [3.8, 4) is 5.69 Å². The Hall–Kier alpha value is -3.52. The van der Waals surface area contributed by atoms with E-state index in [2.05, 4.69) is 20.6 Å². The fourth-order valence-corrected chi connectivity index (χ4v) is 3.07. The van der Waals surface area contributed by atoms with Gasteiger partial charge in [-0.15, -0.1) is 5.10 Å². The van der Waals surface area contributed by atoms with E-state index in [1.165, 1.54) is 15.6 Å². The topological polar surface area (TPSA) is 94.7 Å². The first kappa shape index (κ1) is 18.8. The Morgan fingerprint density at radius 2 is 1.90 bits per heavy atom. The highest BCUT2D eigenvalue weighted by molar-refractivity contribution is 6.30. The van der Waals surface area contributed by atoms with Crippen molar-refractivity contribution in [3.63, 3.8) is 0 Å². The van der Waals surface area contributed by atoms with Gasteiger partial charge in [-0.05, 0) is 55.3 Å². The molecule has 2 heterocycles. The third kappa shape index (κ3) is 3.62. The predicted octanol–water partition coefficient (Wildman–Crippen LogP) is 2.89. The summed E-state index contributed by atoms with van der Waals surface area (Å²) in [6.07, 6.45) is 1.32. The van der Waals surface area contributed by atoms with Crippen LogP contribution in [0.3, 0.4) is 0 Å². The number of nitrogens with one attached hydrogen (secondary N) is 1. The van der Waals surface area contributed by atoms with Crippen LogP contribution >= 0.6 is 11.6 Å². The molecule has 29 heavy (non-hydrogen) atoms. The number of carbonyl (C=O) groups excluding carboxylic acids is 1. The van der Waals surface area contributed by atoms with Gasteiger partial charge < -0.3 is 5.32 Å². The lowest BCUT2D eigenvalue weighted by atomic mass is 10.1. The normalized spacial score (nSPS) is 11.0. The molecule has 4 aromatic rings. The molecular weight excluding hydrogens is 392 g/mol. The van der Waals surface area contributed by atoms with Gasteiger partial charge in [-0.2, -0.15) is 4.68 Å². The highest BCUT2D eigenvalue weighted by Gasteiger charge is 2.15. The molecule has 1 N–H and O–H groups in total. The standard InChI is InChI=1S/C20H17ClN6O2/c1-12-4-3-5-16(13(12)2)23-17(28)10-26-11-22-19-18(20(26)29)24-25-27(19)15-8-6-14(21)7-9-15/h3-9,11H,10H2,1-2H3,(H,23,28). The average molecular weight is 409 g/mol. The zero-order chi connectivity index (χ0) is 20.5. The van der Waals surface area contributed by atoms with E-state index in [0.717, 1.165) is 11.1 Å². The van der Waals surface area contributed by atoms with E-state index in [1.54, 1.807) is 24.3 Å². The Morgan fingerprint density at radius 3 is 2.66 bits per heavy atom. The summed E-state index contributed by atoms with van der Waals surface area (Å²) < 4.78 is 2.66. The van der Waals surface area contributed by atoms with Gasteiger partial charge in [0.1, 0.15) is 12.9 Å². The molecular formula is C20H17ClN6O2. The molecule has 2 aromatic heterocycles. The monoisotopic (exact) mass is 408 g/mol. The summed E-state index contributed by atoms with van der Waals surface area (Å²) in [7, 11) is 0. The minimum Gasteiger partial charge on any atom is -0.324 e. The first-order valence-electron chi connectivity index (χ1n) is 8.87. The number of halogens is 1. The second kappa shape index (κ2) is 7.48.